The second-order valence-electron chi connectivity index (χ2n) is 10.5. The van der Waals surface area contributed by atoms with Crippen molar-refractivity contribution in [3.8, 4) is 23.1 Å². The first-order chi connectivity index (χ1) is 20.0. The molecule has 1 unspecified atom stereocenters. The van der Waals surface area contributed by atoms with Crippen LogP contribution in [-0.2, 0) is 11.2 Å². The first-order valence-electron chi connectivity index (χ1n) is 14.2. The van der Waals surface area contributed by atoms with Crippen LogP contribution < -0.4 is 24.8 Å². The zero-order valence-corrected chi connectivity index (χ0v) is 23.8. The van der Waals surface area contributed by atoms with Crippen LogP contribution in [0.2, 0.25) is 5.02 Å². The minimum atomic E-state index is -0.298. The number of aromatic nitrogens is 1. The number of primary amides is 1. The molecule has 2 saturated heterocycles. The number of carbonyl (C=O) groups excluding carboxylic acids is 1. The highest BCUT2D eigenvalue weighted by atomic mass is 35.5. The number of ether oxygens (including phenoxy) is 3. The van der Waals surface area contributed by atoms with E-state index in [1.165, 1.54) is 25.9 Å². The van der Waals surface area contributed by atoms with E-state index in [9.17, 15) is 9.18 Å². The van der Waals surface area contributed by atoms with Crippen molar-refractivity contribution in [2.75, 3.05) is 50.8 Å². The number of anilines is 1. The summed E-state index contributed by atoms with van der Waals surface area (Å²) in [6.45, 7) is 5.89. The number of likely N-dealkylation sites (tertiary alicyclic amines) is 1. The van der Waals surface area contributed by atoms with E-state index in [1.807, 2.05) is 30.3 Å². The molecule has 0 saturated carbocycles. The molecule has 3 aromatic rings. The number of amides is 1. The molecule has 1 amide bonds. The Kier molecular flexibility index (Phi) is 9.80. The summed E-state index contributed by atoms with van der Waals surface area (Å²) in [5, 5.41) is 0.514. The molecule has 2 fully saturated rings. The molecule has 3 aliphatic heterocycles. The standard InChI is InChI=1S/C16H16ClN3O2.C15H20FNO2/c17-13-5-4-12(20-8-6-11(10-20)16(18)21)9-14(13)22-15-3-1-2-7-19-15;16-13-10-12(4-3-7-17-5-1-2-6-17)11-14-15(13)19-9-8-18-14/h1-5,7,9,11H,6,8,10H2,(H2,18,21);10-11H,1-9H2. The first kappa shape index (κ1) is 29.0. The number of fused-ring (bicyclic) bond motifs is 1. The molecule has 2 aromatic carbocycles. The number of hydrogen-bond donors (Lipinski definition) is 1. The topological polar surface area (TPSA) is 90.1 Å². The fourth-order valence-corrected chi connectivity index (χ4v) is 5.49. The van der Waals surface area contributed by atoms with Gasteiger partial charge in [-0.25, -0.2) is 9.37 Å². The van der Waals surface area contributed by atoms with Gasteiger partial charge in [-0.3, -0.25) is 4.79 Å². The molecular weight excluding hydrogens is 547 g/mol. The quantitative estimate of drug-likeness (QED) is 0.377. The predicted molar refractivity (Wildman–Crippen MR) is 157 cm³/mol. The Balaban J connectivity index is 0.000000166. The second kappa shape index (κ2) is 13.9. The molecule has 41 heavy (non-hydrogen) atoms. The lowest BCUT2D eigenvalue weighted by Gasteiger charge is -2.20. The summed E-state index contributed by atoms with van der Waals surface area (Å²) in [6.07, 6.45) is 7.03. The van der Waals surface area contributed by atoms with Crippen LogP contribution in [0.25, 0.3) is 0 Å². The van der Waals surface area contributed by atoms with E-state index in [1.54, 1.807) is 24.4 Å². The fraction of sp³-hybridized carbons (Fsp3) is 0.419. The molecule has 1 aromatic heterocycles. The van der Waals surface area contributed by atoms with Crippen molar-refractivity contribution < 1.29 is 23.4 Å². The first-order valence-corrected chi connectivity index (χ1v) is 14.6. The smallest absolute Gasteiger partial charge is 0.222 e. The SMILES string of the molecule is Fc1cc(CCCN2CCCC2)cc2c1OCCO2.NC(=O)C1CCN(c2ccc(Cl)c(Oc3ccccn3)c2)C1. The average molecular weight is 583 g/mol. The van der Waals surface area contributed by atoms with Crippen molar-refractivity contribution in [2.24, 2.45) is 11.7 Å². The monoisotopic (exact) mass is 582 g/mol. The van der Waals surface area contributed by atoms with Crippen molar-refractivity contribution >= 4 is 23.2 Å². The van der Waals surface area contributed by atoms with Gasteiger partial charge in [-0.1, -0.05) is 17.7 Å². The number of pyridine rings is 1. The summed E-state index contributed by atoms with van der Waals surface area (Å²) < 4.78 is 30.3. The molecule has 10 heteroatoms. The van der Waals surface area contributed by atoms with Gasteiger partial charge in [-0.05, 0) is 87.6 Å². The Bertz CT molecular complexity index is 1320. The van der Waals surface area contributed by atoms with E-state index in [4.69, 9.17) is 31.5 Å². The molecular formula is C31H36ClFN4O4. The van der Waals surface area contributed by atoms with Gasteiger partial charge in [0.05, 0.1) is 10.9 Å². The zero-order valence-electron chi connectivity index (χ0n) is 23.1. The Hall–Kier alpha value is -3.56. The molecule has 4 heterocycles. The maximum Gasteiger partial charge on any atom is 0.222 e. The van der Waals surface area contributed by atoms with Crippen molar-refractivity contribution in [1.82, 2.24) is 9.88 Å². The summed E-state index contributed by atoms with van der Waals surface area (Å²) in [6, 6.07) is 14.5. The normalized spacial score (nSPS) is 18.1. The predicted octanol–water partition coefficient (Wildman–Crippen LogP) is 5.46. The van der Waals surface area contributed by atoms with Gasteiger partial charge in [0.25, 0.3) is 0 Å². The number of hydrogen-bond acceptors (Lipinski definition) is 7. The van der Waals surface area contributed by atoms with Gasteiger partial charge in [0.2, 0.25) is 11.8 Å². The largest absolute Gasteiger partial charge is 0.486 e. The van der Waals surface area contributed by atoms with E-state index in [0.29, 0.717) is 42.2 Å². The van der Waals surface area contributed by atoms with Crippen LogP contribution in [0.4, 0.5) is 10.1 Å². The van der Waals surface area contributed by atoms with Crippen molar-refractivity contribution in [3.05, 3.63) is 71.1 Å². The number of rotatable bonds is 8. The molecule has 1 atom stereocenters. The molecule has 0 spiro atoms. The van der Waals surface area contributed by atoms with Crippen LogP contribution >= 0.6 is 11.6 Å². The van der Waals surface area contributed by atoms with Gasteiger partial charge in [0.15, 0.2) is 17.3 Å². The molecule has 6 rings (SSSR count). The number of carbonyl (C=O) groups is 1. The van der Waals surface area contributed by atoms with Crippen LogP contribution in [0.15, 0.2) is 54.7 Å². The summed E-state index contributed by atoms with van der Waals surface area (Å²) in [4.78, 5) is 20.0. The third-order valence-electron chi connectivity index (χ3n) is 7.52. The van der Waals surface area contributed by atoms with Gasteiger partial charge in [0, 0.05) is 37.1 Å². The van der Waals surface area contributed by atoms with Gasteiger partial charge in [-0.2, -0.15) is 0 Å². The lowest BCUT2D eigenvalue weighted by Crippen LogP contribution is -2.27. The van der Waals surface area contributed by atoms with Crippen LogP contribution in [0.3, 0.4) is 0 Å². The maximum atomic E-state index is 13.8. The third-order valence-corrected chi connectivity index (χ3v) is 7.83. The van der Waals surface area contributed by atoms with E-state index >= 15 is 0 Å². The van der Waals surface area contributed by atoms with Crippen LogP contribution in [0.1, 0.15) is 31.2 Å². The molecule has 8 nitrogen and oxygen atoms in total. The molecule has 218 valence electrons. The van der Waals surface area contributed by atoms with E-state index in [2.05, 4.69) is 14.8 Å². The Morgan fingerprint density at radius 1 is 1.10 bits per heavy atom. The van der Waals surface area contributed by atoms with Crippen molar-refractivity contribution in [3.63, 3.8) is 0 Å². The lowest BCUT2D eigenvalue weighted by atomic mass is 10.1. The molecule has 0 aliphatic carbocycles. The van der Waals surface area contributed by atoms with Gasteiger partial charge in [-0.15, -0.1) is 0 Å². The molecule has 3 aliphatic rings. The summed E-state index contributed by atoms with van der Waals surface area (Å²) in [7, 11) is 0. The number of nitrogens with two attached hydrogens (primary N) is 1. The number of aryl methyl sites for hydroxylation is 1. The van der Waals surface area contributed by atoms with Gasteiger partial charge in [0.1, 0.15) is 19.0 Å². The summed E-state index contributed by atoms with van der Waals surface area (Å²) in [5.74, 6) is 1.21. The van der Waals surface area contributed by atoms with E-state index in [0.717, 1.165) is 43.6 Å². The van der Waals surface area contributed by atoms with Crippen LogP contribution in [-0.4, -0.2) is 61.7 Å². The van der Waals surface area contributed by atoms with Crippen molar-refractivity contribution in [2.45, 2.75) is 32.1 Å². The molecule has 2 N–H and O–H groups in total. The highest BCUT2D eigenvalue weighted by molar-refractivity contribution is 6.32. The highest BCUT2D eigenvalue weighted by Gasteiger charge is 2.27. The van der Waals surface area contributed by atoms with E-state index in [-0.39, 0.29) is 23.4 Å². The summed E-state index contributed by atoms with van der Waals surface area (Å²) in [5.41, 5.74) is 7.33. The minimum Gasteiger partial charge on any atom is -0.486 e. The molecule has 0 radical (unpaired) electrons. The second-order valence-corrected chi connectivity index (χ2v) is 10.9. The molecule has 0 bridgehead atoms. The summed E-state index contributed by atoms with van der Waals surface area (Å²) >= 11 is 6.19. The Labute approximate surface area is 245 Å². The fourth-order valence-electron chi connectivity index (χ4n) is 5.34. The van der Waals surface area contributed by atoms with Gasteiger partial charge >= 0.3 is 0 Å². The highest BCUT2D eigenvalue weighted by Crippen LogP contribution is 2.35. The van der Waals surface area contributed by atoms with Crippen LogP contribution in [0, 0.1) is 11.7 Å². The number of benzene rings is 2. The van der Waals surface area contributed by atoms with Gasteiger partial charge < -0.3 is 29.7 Å². The Morgan fingerprint density at radius 3 is 2.68 bits per heavy atom. The van der Waals surface area contributed by atoms with Crippen LogP contribution in [0.5, 0.6) is 23.1 Å². The number of halogens is 2. The minimum absolute atomic E-state index is 0.101. The average Bonchev–Trinajstić information content (AvgIpc) is 3.69. The lowest BCUT2D eigenvalue weighted by molar-refractivity contribution is -0.121. The third kappa shape index (κ3) is 7.80. The van der Waals surface area contributed by atoms with E-state index < -0.39 is 0 Å². The maximum absolute atomic E-state index is 13.8. The van der Waals surface area contributed by atoms with Crippen molar-refractivity contribution in [1.29, 1.82) is 0 Å². The zero-order chi connectivity index (χ0) is 28.6. The number of nitrogens with zero attached hydrogens (tertiary/aromatic N) is 3. The Morgan fingerprint density at radius 2 is 1.93 bits per heavy atom.